The van der Waals surface area contributed by atoms with Crippen molar-refractivity contribution in [1.82, 2.24) is 0 Å². The van der Waals surface area contributed by atoms with Crippen molar-refractivity contribution in [3.8, 4) is 11.5 Å². The van der Waals surface area contributed by atoms with Gasteiger partial charge in [-0.25, -0.2) is 0 Å². The summed E-state index contributed by atoms with van der Waals surface area (Å²) in [6.45, 7) is 13.5. The van der Waals surface area contributed by atoms with Crippen LogP contribution >= 0.6 is 0 Å². The highest BCUT2D eigenvalue weighted by atomic mass is 16.7. The Morgan fingerprint density at radius 3 is 2.34 bits per heavy atom. The van der Waals surface area contributed by atoms with Gasteiger partial charge in [-0.2, -0.15) is 0 Å². The molecular formula is C28H40O7. The summed E-state index contributed by atoms with van der Waals surface area (Å²) >= 11 is 0. The third-order valence-electron chi connectivity index (χ3n) is 8.11. The molecule has 35 heavy (non-hydrogen) atoms. The molecule has 0 radical (unpaired) electrons. The Labute approximate surface area is 208 Å². The first kappa shape index (κ1) is 26.0. The molecule has 1 saturated heterocycles. The summed E-state index contributed by atoms with van der Waals surface area (Å²) in [5.41, 5.74) is 5.49. The maximum absolute atomic E-state index is 11.8. The zero-order chi connectivity index (χ0) is 25.8. The molecule has 1 fully saturated rings. The Hall–Kier alpha value is -2.09. The number of allylic oxidation sites excluding steroid dienone is 2. The second-order valence-corrected chi connectivity index (χ2v) is 11.1. The van der Waals surface area contributed by atoms with Gasteiger partial charge in [-0.15, -0.1) is 0 Å². The maximum Gasteiger partial charge on any atom is 0.303 e. The van der Waals surface area contributed by atoms with Gasteiger partial charge < -0.3 is 29.5 Å². The average molecular weight is 489 g/mol. The van der Waals surface area contributed by atoms with Crippen LogP contribution in [-0.4, -0.2) is 52.0 Å². The molecule has 0 saturated carbocycles. The lowest BCUT2D eigenvalue weighted by molar-refractivity contribution is -0.273. The Kier molecular flexibility index (Phi) is 7.24. The molecule has 194 valence electrons. The van der Waals surface area contributed by atoms with Crippen LogP contribution in [0.15, 0.2) is 11.6 Å². The van der Waals surface area contributed by atoms with E-state index >= 15 is 0 Å². The van der Waals surface area contributed by atoms with Crippen molar-refractivity contribution in [3.63, 3.8) is 0 Å². The van der Waals surface area contributed by atoms with E-state index in [1.165, 1.54) is 23.6 Å². The van der Waals surface area contributed by atoms with Gasteiger partial charge in [0.1, 0.15) is 12.2 Å². The molecule has 7 heteroatoms. The summed E-state index contributed by atoms with van der Waals surface area (Å²) in [6, 6.07) is 0. The van der Waals surface area contributed by atoms with Crippen LogP contribution < -0.4 is 4.74 Å². The monoisotopic (exact) mass is 488 g/mol. The van der Waals surface area contributed by atoms with Gasteiger partial charge in [0.05, 0.1) is 6.10 Å². The fraction of sp³-hybridized carbons (Fsp3) is 0.679. The normalized spacial score (nSPS) is 36.2. The molecule has 0 bridgehead atoms. The molecule has 1 aromatic rings. The van der Waals surface area contributed by atoms with Crippen LogP contribution in [0, 0.1) is 12.8 Å². The van der Waals surface area contributed by atoms with E-state index in [0.29, 0.717) is 17.6 Å². The number of aliphatic hydroxyl groups excluding tert-OH is 2. The van der Waals surface area contributed by atoms with Crippen LogP contribution in [0.5, 0.6) is 11.5 Å². The number of esters is 1. The van der Waals surface area contributed by atoms with Gasteiger partial charge in [-0.3, -0.25) is 4.79 Å². The minimum absolute atomic E-state index is 0.0615. The number of carbonyl (C=O) groups excluding carboxylic acids is 1. The summed E-state index contributed by atoms with van der Waals surface area (Å²) in [7, 11) is 0. The third-order valence-corrected chi connectivity index (χ3v) is 8.11. The SMILES string of the molecule is CC(=O)OC1C(Oc2c(O)c(C)c3c4c2C(C)CCC4C(C)CC3C=C(C)C)OC(C)C(O)C1O. The van der Waals surface area contributed by atoms with E-state index in [9.17, 15) is 20.1 Å². The van der Waals surface area contributed by atoms with Crippen molar-refractivity contribution in [2.24, 2.45) is 5.92 Å². The molecule has 0 amide bonds. The van der Waals surface area contributed by atoms with E-state index in [2.05, 4.69) is 33.8 Å². The van der Waals surface area contributed by atoms with Gasteiger partial charge in [0.2, 0.25) is 6.29 Å². The molecule has 9 unspecified atom stereocenters. The molecule has 0 spiro atoms. The number of benzene rings is 1. The molecule has 1 aromatic carbocycles. The van der Waals surface area contributed by atoms with Crippen LogP contribution in [0.2, 0.25) is 0 Å². The lowest BCUT2D eigenvalue weighted by atomic mass is 9.62. The number of rotatable bonds is 4. The molecule has 1 heterocycles. The van der Waals surface area contributed by atoms with Crippen LogP contribution in [0.25, 0.3) is 0 Å². The van der Waals surface area contributed by atoms with E-state index in [1.54, 1.807) is 6.92 Å². The lowest BCUT2D eigenvalue weighted by Gasteiger charge is -2.45. The molecule has 7 nitrogen and oxygen atoms in total. The topological polar surface area (TPSA) is 105 Å². The van der Waals surface area contributed by atoms with Crippen LogP contribution in [0.1, 0.15) is 101 Å². The maximum atomic E-state index is 11.8. The van der Waals surface area contributed by atoms with Crippen molar-refractivity contribution in [2.45, 2.75) is 116 Å². The zero-order valence-corrected chi connectivity index (χ0v) is 21.9. The molecular weight excluding hydrogens is 448 g/mol. The second kappa shape index (κ2) is 9.75. The first-order valence-electron chi connectivity index (χ1n) is 12.8. The Morgan fingerprint density at radius 2 is 1.71 bits per heavy atom. The van der Waals surface area contributed by atoms with E-state index < -0.39 is 36.7 Å². The minimum Gasteiger partial charge on any atom is -0.504 e. The van der Waals surface area contributed by atoms with Crippen LogP contribution in [-0.2, 0) is 14.3 Å². The standard InChI is InChI=1S/C28H40O7/c1-12(2)10-18-11-14(4)19-9-8-13(3)20-22(19)21(18)15(5)23(30)26(20)35-28-27(34-17(7)29)25(32)24(31)16(6)33-28/h10,13-14,16,18-19,24-25,27-28,30-32H,8-9,11H2,1-7H3. The first-order valence-corrected chi connectivity index (χ1v) is 12.8. The van der Waals surface area contributed by atoms with Gasteiger partial charge >= 0.3 is 5.97 Å². The van der Waals surface area contributed by atoms with Crippen molar-refractivity contribution in [3.05, 3.63) is 33.9 Å². The number of hydrogen-bond donors (Lipinski definition) is 3. The number of ether oxygens (including phenoxy) is 3. The minimum atomic E-state index is -1.38. The molecule has 3 aliphatic rings. The summed E-state index contributed by atoms with van der Waals surface area (Å²) in [5, 5.41) is 32.4. The zero-order valence-electron chi connectivity index (χ0n) is 21.9. The molecule has 4 rings (SSSR count). The van der Waals surface area contributed by atoms with Crippen molar-refractivity contribution < 1.29 is 34.3 Å². The smallest absolute Gasteiger partial charge is 0.303 e. The molecule has 2 aliphatic carbocycles. The van der Waals surface area contributed by atoms with Gasteiger partial charge in [0.15, 0.2) is 17.6 Å². The quantitative estimate of drug-likeness (QED) is 0.422. The van der Waals surface area contributed by atoms with E-state index in [0.717, 1.165) is 30.4 Å². The Balaban J connectivity index is 1.86. The van der Waals surface area contributed by atoms with Crippen molar-refractivity contribution in [1.29, 1.82) is 0 Å². The van der Waals surface area contributed by atoms with Crippen LogP contribution in [0.3, 0.4) is 0 Å². The molecule has 1 aliphatic heterocycles. The third kappa shape index (κ3) is 4.58. The fourth-order valence-electron chi connectivity index (χ4n) is 6.43. The number of hydrogen-bond acceptors (Lipinski definition) is 7. The molecule has 0 aromatic heterocycles. The lowest BCUT2D eigenvalue weighted by Crippen LogP contribution is -2.59. The summed E-state index contributed by atoms with van der Waals surface area (Å²) in [6.07, 6.45) is -0.347. The largest absolute Gasteiger partial charge is 0.504 e. The molecule has 9 atom stereocenters. The Morgan fingerprint density at radius 1 is 1.03 bits per heavy atom. The second-order valence-electron chi connectivity index (χ2n) is 11.1. The summed E-state index contributed by atoms with van der Waals surface area (Å²) in [5.74, 6) is 1.02. The summed E-state index contributed by atoms with van der Waals surface area (Å²) in [4.78, 5) is 11.8. The van der Waals surface area contributed by atoms with Gasteiger partial charge in [-0.05, 0) is 81.4 Å². The number of aliphatic hydroxyl groups is 2. The van der Waals surface area contributed by atoms with Gasteiger partial charge in [-0.1, -0.05) is 25.5 Å². The predicted molar refractivity (Wildman–Crippen MR) is 132 cm³/mol. The van der Waals surface area contributed by atoms with Gasteiger partial charge in [0.25, 0.3) is 0 Å². The van der Waals surface area contributed by atoms with Crippen molar-refractivity contribution in [2.75, 3.05) is 0 Å². The summed E-state index contributed by atoms with van der Waals surface area (Å²) < 4.78 is 17.5. The average Bonchev–Trinajstić information content (AvgIpc) is 2.77. The number of aromatic hydroxyl groups is 1. The van der Waals surface area contributed by atoms with E-state index in [1.807, 2.05) is 6.92 Å². The highest BCUT2D eigenvalue weighted by molar-refractivity contribution is 5.66. The first-order chi connectivity index (χ1) is 16.4. The van der Waals surface area contributed by atoms with E-state index in [4.69, 9.17) is 14.2 Å². The van der Waals surface area contributed by atoms with Crippen molar-refractivity contribution >= 4 is 5.97 Å². The Bertz CT molecular complexity index is 1010. The van der Waals surface area contributed by atoms with Crippen LogP contribution in [0.4, 0.5) is 0 Å². The fourth-order valence-corrected chi connectivity index (χ4v) is 6.43. The number of phenols is 1. The highest BCUT2D eigenvalue weighted by Crippen LogP contribution is 2.58. The number of carbonyl (C=O) groups is 1. The highest BCUT2D eigenvalue weighted by Gasteiger charge is 2.48. The molecule has 3 N–H and O–H groups in total. The van der Waals surface area contributed by atoms with Gasteiger partial charge in [0, 0.05) is 18.4 Å². The predicted octanol–water partition coefficient (Wildman–Crippen LogP) is 4.55. The number of phenolic OH excluding ortho intramolecular Hbond substituents is 1. The van der Waals surface area contributed by atoms with E-state index in [-0.39, 0.29) is 17.6 Å².